The number of anilines is 1. The molecular formula is C19H18N2O2. The lowest BCUT2D eigenvalue weighted by Crippen LogP contribution is -2.38. The van der Waals surface area contributed by atoms with Gasteiger partial charge in [-0.05, 0) is 43.7 Å². The Morgan fingerprint density at radius 3 is 2.87 bits per heavy atom. The molecule has 0 radical (unpaired) electrons. The molecular weight excluding hydrogens is 288 g/mol. The van der Waals surface area contributed by atoms with E-state index in [0.717, 1.165) is 17.0 Å². The van der Waals surface area contributed by atoms with E-state index < -0.39 is 0 Å². The number of ketones is 1. The van der Waals surface area contributed by atoms with Gasteiger partial charge in [0, 0.05) is 12.1 Å². The Labute approximate surface area is 135 Å². The summed E-state index contributed by atoms with van der Waals surface area (Å²) in [5.41, 5.74) is 3.23. The van der Waals surface area contributed by atoms with Gasteiger partial charge in [0.05, 0.1) is 23.9 Å². The van der Waals surface area contributed by atoms with E-state index in [4.69, 9.17) is 4.74 Å². The number of hydrogen-bond donors (Lipinski definition) is 0. The second kappa shape index (κ2) is 6.13. The highest BCUT2D eigenvalue weighted by Gasteiger charge is 2.24. The Morgan fingerprint density at radius 2 is 2.13 bits per heavy atom. The van der Waals surface area contributed by atoms with Crippen LogP contribution in [0.5, 0.6) is 5.75 Å². The number of Topliss-reactive ketones (excluding diaryl/α,β-unsaturated/α-hetero) is 1. The van der Waals surface area contributed by atoms with Crippen molar-refractivity contribution in [2.24, 2.45) is 0 Å². The molecule has 0 saturated carbocycles. The Morgan fingerprint density at radius 1 is 1.35 bits per heavy atom. The van der Waals surface area contributed by atoms with E-state index in [2.05, 4.69) is 11.0 Å². The van der Waals surface area contributed by atoms with E-state index in [1.807, 2.05) is 43.3 Å². The van der Waals surface area contributed by atoms with Crippen LogP contribution >= 0.6 is 0 Å². The van der Waals surface area contributed by atoms with Gasteiger partial charge in [-0.25, -0.2) is 0 Å². The number of hydrogen-bond acceptors (Lipinski definition) is 4. The van der Waals surface area contributed by atoms with Gasteiger partial charge in [0.1, 0.15) is 11.9 Å². The fraction of sp³-hybridized carbons (Fsp3) is 0.263. The molecule has 1 atom stereocenters. The molecule has 23 heavy (non-hydrogen) atoms. The topological polar surface area (TPSA) is 53.3 Å². The molecule has 2 aromatic rings. The van der Waals surface area contributed by atoms with Crippen LogP contribution in [0.2, 0.25) is 0 Å². The Balaban J connectivity index is 1.99. The van der Waals surface area contributed by atoms with Crippen LogP contribution in [0.4, 0.5) is 5.69 Å². The number of benzene rings is 2. The summed E-state index contributed by atoms with van der Waals surface area (Å²) in [5.74, 6) is 0.812. The van der Waals surface area contributed by atoms with Gasteiger partial charge in [0.2, 0.25) is 0 Å². The molecule has 1 aliphatic heterocycles. The number of carbonyl (C=O) groups is 1. The first kappa shape index (κ1) is 15.1. The van der Waals surface area contributed by atoms with Crippen molar-refractivity contribution < 1.29 is 9.53 Å². The van der Waals surface area contributed by atoms with Crippen molar-refractivity contribution in [3.8, 4) is 11.8 Å². The van der Waals surface area contributed by atoms with E-state index in [1.54, 1.807) is 13.0 Å². The van der Waals surface area contributed by atoms with Crippen molar-refractivity contribution in [2.45, 2.75) is 26.5 Å². The summed E-state index contributed by atoms with van der Waals surface area (Å²) in [6.45, 7) is 4.91. The normalized spacial score (nSPS) is 16.2. The lowest BCUT2D eigenvalue weighted by molar-refractivity contribution is 0.101. The average molecular weight is 306 g/mol. The van der Waals surface area contributed by atoms with Gasteiger partial charge in [-0.3, -0.25) is 4.79 Å². The number of nitrogens with zero attached hydrogens (tertiary/aromatic N) is 2. The van der Waals surface area contributed by atoms with Crippen LogP contribution in [0.3, 0.4) is 0 Å². The molecule has 0 aromatic heterocycles. The first-order chi connectivity index (χ1) is 11.1. The van der Waals surface area contributed by atoms with Crippen molar-refractivity contribution in [1.29, 1.82) is 5.26 Å². The van der Waals surface area contributed by atoms with Crippen LogP contribution in [-0.2, 0) is 6.54 Å². The van der Waals surface area contributed by atoms with Gasteiger partial charge in [-0.15, -0.1) is 0 Å². The third kappa shape index (κ3) is 3.04. The van der Waals surface area contributed by atoms with E-state index in [-0.39, 0.29) is 11.9 Å². The van der Waals surface area contributed by atoms with Crippen molar-refractivity contribution in [2.75, 3.05) is 11.4 Å². The van der Waals surface area contributed by atoms with Crippen molar-refractivity contribution in [3.05, 3.63) is 59.2 Å². The van der Waals surface area contributed by atoms with Crippen molar-refractivity contribution in [3.63, 3.8) is 0 Å². The number of carbonyl (C=O) groups excluding carboxylic acids is 1. The fourth-order valence-electron chi connectivity index (χ4n) is 2.87. The van der Waals surface area contributed by atoms with Crippen LogP contribution in [0.15, 0.2) is 42.5 Å². The predicted molar refractivity (Wildman–Crippen MR) is 88.7 cm³/mol. The first-order valence-corrected chi connectivity index (χ1v) is 7.63. The highest BCUT2D eigenvalue weighted by molar-refractivity contribution is 5.95. The standard InChI is InChI=1S/C19H18N2O2/c1-13-11-21(12-17-6-4-3-5-16(17)10-20)18-9-15(14(2)22)7-8-19(18)23-13/h3-9,13H,11-12H2,1-2H3. The Hall–Kier alpha value is -2.80. The van der Waals surface area contributed by atoms with Gasteiger partial charge < -0.3 is 9.64 Å². The molecule has 4 nitrogen and oxygen atoms in total. The largest absolute Gasteiger partial charge is 0.487 e. The highest BCUT2D eigenvalue weighted by atomic mass is 16.5. The fourth-order valence-corrected chi connectivity index (χ4v) is 2.87. The zero-order valence-corrected chi connectivity index (χ0v) is 13.2. The monoisotopic (exact) mass is 306 g/mol. The zero-order chi connectivity index (χ0) is 16.4. The Kier molecular flexibility index (Phi) is 4.03. The summed E-state index contributed by atoms with van der Waals surface area (Å²) in [6.07, 6.45) is 0.0555. The summed E-state index contributed by atoms with van der Waals surface area (Å²) in [7, 11) is 0. The maximum absolute atomic E-state index is 11.7. The van der Waals surface area contributed by atoms with Gasteiger partial charge in [-0.2, -0.15) is 5.26 Å². The third-order valence-electron chi connectivity index (χ3n) is 4.01. The molecule has 1 aliphatic rings. The minimum Gasteiger partial charge on any atom is -0.487 e. The summed E-state index contributed by atoms with van der Waals surface area (Å²) >= 11 is 0. The first-order valence-electron chi connectivity index (χ1n) is 7.63. The van der Waals surface area contributed by atoms with Gasteiger partial charge in [0.25, 0.3) is 0 Å². The highest BCUT2D eigenvalue weighted by Crippen LogP contribution is 2.35. The molecule has 3 rings (SSSR count). The van der Waals surface area contributed by atoms with Crippen molar-refractivity contribution in [1.82, 2.24) is 0 Å². The smallest absolute Gasteiger partial charge is 0.159 e. The van der Waals surface area contributed by atoms with Gasteiger partial charge in [0.15, 0.2) is 5.78 Å². The summed E-state index contributed by atoms with van der Waals surface area (Å²) in [5, 5.41) is 9.27. The SMILES string of the molecule is CC(=O)c1ccc2c(c1)N(Cc1ccccc1C#N)CC(C)O2. The van der Waals surface area contributed by atoms with Gasteiger partial charge >= 0.3 is 0 Å². The maximum atomic E-state index is 11.7. The van der Waals surface area contributed by atoms with Gasteiger partial charge in [-0.1, -0.05) is 18.2 Å². The van der Waals surface area contributed by atoms with Crippen LogP contribution in [0.1, 0.15) is 35.3 Å². The van der Waals surface area contributed by atoms with Crippen LogP contribution in [-0.4, -0.2) is 18.4 Å². The molecule has 0 N–H and O–H groups in total. The molecule has 1 unspecified atom stereocenters. The zero-order valence-electron chi connectivity index (χ0n) is 13.2. The van der Waals surface area contributed by atoms with E-state index in [9.17, 15) is 10.1 Å². The summed E-state index contributed by atoms with van der Waals surface area (Å²) in [4.78, 5) is 13.8. The molecule has 116 valence electrons. The maximum Gasteiger partial charge on any atom is 0.159 e. The number of nitriles is 1. The molecule has 0 amide bonds. The molecule has 0 saturated heterocycles. The second-order valence-corrected chi connectivity index (χ2v) is 5.82. The van der Waals surface area contributed by atoms with Crippen LogP contribution in [0.25, 0.3) is 0 Å². The molecule has 4 heteroatoms. The second-order valence-electron chi connectivity index (χ2n) is 5.82. The minimum absolute atomic E-state index is 0.0313. The Bertz CT molecular complexity index is 792. The lowest BCUT2D eigenvalue weighted by Gasteiger charge is -2.35. The predicted octanol–water partition coefficient (Wildman–Crippen LogP) is 3.55. The number of fused-ring (bicyclic) bond motifs is 1. The third-order valence-corrected chi connectivity index (χ3v) is 4.01. The van der Waals surface area contributed by atoms with E-state index in [1.165, 1.54) is 0 Å². The minimum atomic E-state index is 0.0313. The van der Waals surface area contributed by atoms with Crippen LogP contribution in [0, 0.1) is 11.3 Å². The van der Waals surface area contributed by atoms with E-state index >= 15 is 0 Å². The summed E-state index contributed by atoms with van der Waals surface area (Å²) < 4.78 is 5.87. The quantitative estimate of drug-likeness (QED) is 0.814. The summed E-state index contributed by atoms with van der Waals surface area (Å²) in [6, 6.07) is 15.4. The molecule has 0 spiro atoms. The lowest BCUT2D eigenvalue weighted by atomic mass is 10.0. The van der Waals surface area contributed by atoms with Crippen molar-refractivity contribution >= 4 is 11.5 Å². The van der Waals surface area contributed by atoms with Crippen LogP contribution < -0.4 is 9.64 Å². The average Bonchev–Trinajstić information content (AvgIpc) is 2.54. The molecule has 0 bridgehead atoms. The molecule has 1 heterocycles. The van der Waals surface area contributed by atoms with E-state index in [0.29, 0.717) is 24.2 Å². The molecule has 0 aliphatic carbocycles. The molecule has 2 aromatic carbocycles. The molecule has 0 fully saturated rings. The number of ether oxygens (including phenoxy) is 1. The number of rotatable bonds is 3.